The first-order chi connectivity index (χ1) is 14.8. The quantitative estimate of drug-likeness (QED) is 0.460. The maximum atomic E-state index is 12.6. The van der Waals surface area contributed by atoms with Crippen molar-refractivity contribution in [3.63, 3.8) is 0 Å². The maximum Gasteiger partial charge on any atom is 0.334 e. The van der Waals surface area contributed by atoms with Crippen LogP contribution in [0.25, 0.3) is 0 Å². The number of aliphatic carboxylic acids is 1. The number of hydrogen-bond acceptors (Lipinski definition) is 4. The molecule has 2 spiro atoms. The minimum atomic E-state index is -1.44. The van der Waals surface area contributed by atoms with Crippen molar-refractivity contribution in [3.05, 3.63) is 23.4 Å². The molecule has 0 aromatic carbocycles. The van der Waals surface area contributed by atoms with Crippen LogP contribution < -0.4 is 5.73 Å². The van der Waals surface area contributed by atoms with Crippen molar-refractivity contribution < 1.29 is 19.7 Å². The summed E-state index contributed by atoms with van der Waals surface area (Å²) in [7, 11) is 3.31. The van der Waals surface area contributed by atoms with Gasteiger partial charge >= 0.3 is 5.97 Å². The summed E-state index contributed by atoms with van der Waals surface area (Å²) in [4.78, 5) is 18.9. The van der Waals surface area contributed by atoms with E-state index in [1.807, 2.05) is 11.1 Å². The number of hydrogen-bond donors (Lipinski definition) is 3. The van der Waals surface area contributed by atoms with E-state index in [1.54, 1.807) is 14.2 Å². The summed E-state index contributed by atoms with van der Waals surface area (Å²) in [5, 5.41) is 22.4. The minimum absolute atomic E-state index is 0.136. The van der Waals surface area contributed by atoms with E-state index in [1.165, 1.54) is 0 Å². The van der Waals surface area contributed by atoms with Gasteiger partial charge in [-0.25, -0.2) is 4.79 Å². The number of nitrogens with two attached hydrogens (primary N) is 1. The minimum Gasteiger partial charge on any atom is -0.478 e. The van der Waals surface area contributed by atoms with E-state index in [9.17, 15) is 15.0 Å². The number of aliphatic hydroxyl groups is 1. The van der Waals surface area contributed by atoms with Gasteiger partial charge in [0.2, 0.25) is 0 Å². The van der Waals surface area contributed by atoms with E-state index in [2.05, 4.69) is 11.1 Å². The average Bonchev–Trinajstić information content (AvgIpc) is 3.10. The van der Waals surface area contributed by atoms with E-state index < -0.39 is 17.7 Å². The summed E-state index contributed by atoms with van der Waals surface area (Å²) in [6.45, 7) is 0.734. The van der Waals surface area contributed by atoms with Crippen molar-refractivity contribution in [3.8, 4) is 0 Å². The fourth-order valence-corrected chi connectivity index (χ4v) is 8.46. The van der Waals surface area contributed by atoms with E-state index in [4.69, 9.17) is 10.5 Å². The van der Waals surface area contributed by atoms with Crippen molar-refractivity contribution in [2.24, 2.45) is 33.4 Å². The molecular formula is C24H35N3O4. The summed E-state index contributed by atoms with van der Waals surface area (Å²) in [5.74, 6) is 0.297. The van der Waals surface area contributed by atoms with Crippen LogP contribution >= 0.6 is 0 Å². The Morgan fingerprint density at radius 2 is 2.00 bits per heavy atom. The van der Waals surface area contributed by atoms with Crippen LogP contribution in [0.15, 0.2) is 28.4 Å². The third-order valence-electron chi connectivity index (χ3n) is 9.55. The molecule has 3 saturated carbocycles. The number of guanidine groups is 1. The third-order valence-corrected chi connectivity index (χ3v) is 9.55. The summed E-state index contributed by atoms with van der Waals surface area (Å²) >= 11 is 0. The van der Waals surface area contributed by atoms with Gasteiger partial charge in [-0.05, 0) is 62.4 Å². The van der Waals surface area contributed by atoms with E-state index in [0.29, 0.717) is 30.6 Å². The summed E-state index contributed by atoms with van der Waals surface area (Å²) in [5.41, 5.74) is 5.59. The Bertz CT molecular complexity index is 882. The molecule has 3 bridgehead atoms. The number of carbonyl (C=O) groups is 1. The van der Waals surface area contributed by atoms with Gasteiger partial charge in [0, 0.05) is 37.7 Å². The average molecular weight is 430 g/mol. The van der Waals surface area contributed by atoms with Crippen molar-refractivity contribution in [1.82, 2.24) is 4.90 Å². The lowest BCUT2D eigenvalue weighted by atomic mass is 9.48. The number of fused-ring (bicyclic) bond motifs is 1. The van der Waals surface area contributed by atoms with Gasteiger partial charge in [0.1, 0.15) is 5.60 Å². The second-order valence-corrected chi connectivity index (χ2v) is 10.4. The standard InChI is InChI=1S/C24H35N3O4/c1-26-21(25)27-11-5-10-22(14-27)16-9-8-15-6-3-4-7-18(31-2)24(30)13-23(15,22)17(12-16)19(24)20(28)29/h5,11,15-16,18,30H,3-4,6-10,12-14H2,1-2H3,(H2,25,26)(H,28,29)/t15-,16-,18+,22-,23+,24-/m1/s1. The third kappa shape index (κ3) is 2.53. The molecule has 0 amide bonds. The number of carboxylic acid groups (broad SMARTS) is 1. The van der Waals surface area contributed by atoms with E-state index >= 15 is 0 Å². The zero-order chi connectivity index (χ0) is 22.0. The SMILES string of the molecule is CN=C(N)N1C=CC[C@@]2(C1)[C@@H]1CC[C@H]3CCCC[C@H](OC)[C@]4(O)C[C@@]32C(=C4C(=O)O)C1. The second-order valence-electron chi connectivity index (χ2n) is 10.4. The first-order valence-electron chi connectivity index (χ1n) is 11.7. The monoisotopic (exact) mass is 429 g/mol. The van der Waals surface area contributed by atoms with Gasteiger partial charge in [-0.3, -0.25) is 4.99 Å². The molecule has 170 valence electrons. The smallest absolute Gasteiger partial charge is 0.334 e. The van der Waals surface area contributed by atoms with E-state index in [0.717, 1.165) is 57.1 Å². The number of ether oxygens (including phenoxy) is 1. The first kappa shape index (κ1) is 21.0. The fraction of sp³-hybridized carbons (Fsp3) is 0.750. The molecule has 5 aliphatic rings. The fourth-order valence-electron chi connectivity index (χ4n) is 8.46. The van der Waals surface area contributed by atoms with Gasteiger partial charge in [-0.15, -0.1) is 0 Å². The Kier molecular flexibility index (Phi) is 4.79. The lowest BCUT2D eigenvalue weighted by molar-refractivity contribution is -0.144. The molecule has 3 fully saturated rings. The van der Waals surface area contributed by atoms with Gasteiger partial charge in [0.25, 0.3) is 0 Å². The zero-order valence-electron chi connectivity index (χ0n) is 18.6. The lowest BCUT2D eigenvalue weighted by Crippen LogP contribution is -2.59. The molecule has 4 N–H and O–H groups in total. The molecule has 5 rings (SSSR count). The molecule has 0 aromatic rings. The summed E-state index contributed by atoms with van der Waals surface area (Å²) in [6.07, 6.45) is 11.9. The number of carboxylic acids is 1. The van der Waals surface area contributed by atoms with Crippen LogP contribution in [-0.2, 0) is 9.53 Å². The lowest BCUT2D eigenvalue weighted by Gasteiger charge is -2.58. The highest BCUT2D eigenvalue weighted by atomic mass is 16.5. The Morgan fingerprint density at radius 1 is 1.26 bits per heavy atom. The van der Waals surface area contributed by atoms with Crippen LogP contribution in [0.1, 0.15) is 57.8 Å². The van der Waals surface area contributed by atoms with Gasteiger partial charge in [0.15, 0.2) is 5.96 Å². The molecule has 31 heavy (non-hydrogen) atoms. The predicted molar refractivity (Wildman–Crippen MR) is 117 cm³/mol. The number of nitrogens with zero attached hydrogens (tertiary/aromatic N) is 2. The highest BCUT2D eigenvalue weighted by Gasteiger charge is 2.74. The molecule has 0 saturated heterocycles. The largest absolute Gasteiger partial charge is 0.478 e. The summed E-state index contributed by atoms with van der Waals surface area (Å²) < 4.78 is 5.78. The molecule has 0 aromatic heterocycles. The van der Waals surface area contributed by atoms with Crippen molar-refractivity contribution >= 4 is 11.9 Å². The molecule has 4 aliphatic carbocycles. The zero-order valence-corrected chi connectivity index (χ0v) is 18.6. The number of rotatable bonds is 2. The Morgan fingerprint density at radius 3 is 2.71 bits per heavy atom. The summed E-state index contributed by atoms with van der Waals surface area (Å²) in [6, 6.07) is 0. The highest BCUT2D eigenvalue weighted by Crippen LogP contribution is 2.77. The van der Waals surface area contributed by atoms with Crippen molar-refractivity contribution in [2.45, 2.75) is 69.5 Å². The van der Waals surface area contributed by atoms with Crippen LogP contribution in [0.3, 0.4) is 0 Å². The molecule has 7 nitrogen and oxygen atoms in total. The Labute approximate surface area is 184 Å². The van der Waals surface area contributed by atoms with Gasteiger partial charge in [-0.2, -0.15) is 0 Å². The molecule has 0 unspecified atom stereocenters. The van der Waals surface area contributed by atoms with E-state index in [-0.39, 0.29) is 16.4 Å². The van der Waals surface area contributed by atoms with Crippen LogP contribution in [0.4, 0.5) is 0 Å². The van der Waals surface area contributed by atoms with Gasteiger partial charge < -0.3 is 25.6 Å². The van der Waals surface area contributed by atoms with Gasteiger partial charge in [0.05, 0.1) is 11.7 Å². The molecule has 1 heterocycles. The molecule has 7 heteroatoms. The second kappa shape index (κ2) is 7.07. The molecule has 1 aliphatic heterocycles. The Balaban J connectivity index is 1.74. The number of allylic oxidation sites excluding steroid dienone is 2. The molecule has 0 radical (unpaired) electrons. The molecule has 6 atom stereocenters. The molecular weight excluding hydrogens is 394 g/mol. The Hall–Kier alpha value is -1.86. The highest BCUT2D eigenvalue weighted by molar-refractivity contribution is 5.92. The van der Waals surface area contributed by atoms with Crippen LogP contribution in [0.2, 0.25) is 0 Å². The van der Waals surface area contributed by atoms with Crippen LogP contribution in [-0.4, -0.2) is 59.4 Å². The normalized spacial score (nSPS) is 44.4. The first-order valence-corrected chi connectivity index (χ1v) is 11.7. The van der Waals surface area contributed by atoms with Crippen LogP contribution in [0, 0.1) is 22.7 Å². The maximum absolute atomic E-state index is 12.6. The number of aliphatic imine (C=N–C) groups is 1. The van der Waals surface area contributed by atoms with Crippen molar-refractivity contribution in [1.29, 1.82) is 0 Å². The van der Waals surface area contributed by atoms with Crippen molar-refractivity contribution in [2.75, 3.05) is 20.7 Å². The van der Waals surface area contributed by atoms with Gasteiger partial charge in [-0.1, -0.05) is 18.9 Å². The number of methoxy groups -OCH3 is 1. The predicted octanol–water partition coefficient (Wildman–Crippen LogP) is 2.66. The van der Waals surface area contributed by atoms with Crippen LogP contribution in [0.5, 0.6) is 0 Å². The topological polar surface area (TPSA) is 108 Å².